The Morgan fingerprint density at radius 3 is 2.62 bits per heavy atom. The van der Waals surface area contributed by atoms with Crippen molar-refractivity contribution < 1.29 is 4.79 Å². The first-order valence-corrected chi connectivity index (χ1v) is 8.21. The summed E-state index contributed by atoms with van der Waals surface area (Å²) in [7, 11) is 3.67. The van der Waals surface area contributed by atoms with Gasteiger partial charge in [-0.05, 0) is 46.1 Å². The Kier molecular flexibility index (Phi) is 5.04. The molecule has 3 heterocycles. The van der Waals surface area contributed by atoms with Crippen molar-refractivity contribution in [3.63, 3.8) is 0 Å². The fourth-order valence-electron chi connectivity index (χ4n) is 2.55. The quantitative estimate of drug-likeness (QED) is 0.754. The lowest BCUT2D eigenvalue weighted by Gasteiger charge is -2.12. The summed E-state index contributed by atoms with van der Waals surface area (Å²) in [6.45, 7) is 4.13. The molecule has 0 aliphatic heterocycles. The van der Waals surface area contributed by atoms with Gasteiger partial charge in [-0.1, -0.05) is 6.07 Å². The number of carbonyl (C=O) groups excluding carboxylic acids is 1. The van der Waals surface area contributed by atoms with Gasteiger partial charge >= 0.3 is 0 Å². The van der Waals surface area contributed by atoms with Crippen molar-refractivity contribution >= 4 is 11.7 Å². The van der Waals surface area contributed by atoms with Gasteiger partial charge in [0.25, 0.3) is 0 Å². The van der Waals surface area contributed by atoms with Crippen molar-refractivity contribution in [2.45, 2.75) is 13.8 Å². The van der Waals surface area contributed by atoms with Crippen LogP contribution < -0.4 is 5.32 Å². The van der Waals surface area contributed by atoms with E-state index in [1.165, 1.54) is 0 Å². The highest BCUT2D eigenvalue weighted by Gasteiger charge is 2.14. The van der Waals surface area contributed by atoms with Crippen LogP contribution in [0.15, 0.2) is 36.5 Å². The lowest BCUT2D eigenvalue weighted by Crippen LogP contribution is -2.27. The van der Waals surface area contributed by atoms with E-state index < -0.39 is 0 Å². The van der Waals surface area contributed by atoms with Gasteiger partial charge in [0.2, 0.25) is 5.91 Å². The SMILES string of the molecule is Cc1cc(C)n(-c2cc(NC(=O)CN(C)C)nc(-c3ccccn3)n2)n1. The molecule has 0 atom stereocenters. The van der Waals surface area contributed by atoms with Crippen LogP contribution in [0.2, 0.25) is 0 Å². The third-order valence-corrected chi connectivity index (χ3v) is 3.56. The average Bonchev–Trinajstić information content (AvgIpc) is 2.93. The summed E-state index contributed by atoms with van der Waals surface area (Å²) in [5, 5.41) is 7.29. The standard InChI is InChI=1S/C18H21N7O/c1-12-9-13(2)25(23-12)16-10-15(20-17(26)11-24(3)4)21-18(22-16)14-7-5-6-8-19-14/h5-10H,11H2,1-4H3,(H,20,21,22,26). The number of aryl methyl sites for hydroxylation is 2. The molecule has 0 aliphatic carbocycles. The third kappa shape index (κ3) is 4.09. The summed E-state index contributed by atoms with van der Waals surface area (Å²) in [5.74, 6) is 1.26. The molecule has 0 aromatic carbocycles. The Balaban J connectivity index is 2.05. The first-order valence-electron chi connectivity index (χ1n) is 8.21. The number of carbonyl (C=O) groups is 1. The van der Waals surface area contributed by atoms with E-state index in [1.807, 2.05) is 52.2 Å². The first-order chi connectivity index (χ1) is 12.4. The Morgan fingerprint density at radius 2 is 2.00 bits per heavy atom. The predicted molar refractivity (Wildman–Crippen MR) is 99.0 cm³/mol. The van der Waals surface area contributed by atoms with Gasteiger partial charge in [0.05, 0.1) is 12.2 Å². The van der Waals surface area contributed by atoms with E-state index in [2.05, 4.69) is 25.4 Å². The van der Waals surface area contributed by atoms with Crippen molar-refractivity contribution in [2.75, 3.05) is 26.0 Å². The summed E-state index contributed by atoms with van der Waals surface area (Å²) >= 11 is 0. The molecule has 1 amide bonds. The number of hydrogen-bond donors (Lipinski definition) is 1. The van der Waals surface area contributed by atoms with Gasteiger partial charge in [-0.25, -0.2) is 14.6 Å². The van der Waals surface area contributed by atoms with E-state index in [-0.39, 0.29) is 12.5 Å². The first kappa shape index (κ1) is 17.7. The largest absolute Gasteiger partial charge is 0.309 e. The molecule has 3 rings (SSSR count). The summed E-state index contributed by atoms with van der Waals surface area (Å²) in [5.41, 5.74) is 2.46. The molecule has 0 radical (unpaired) electrons. The normalized spacial score (nSPS) is 11.0. The van der Waals surface area contributed by atoms with Gasteiger partial charge in [-0.15, -0.1) is 0 Å². The topological polar surface area (TPSA) is 88.8 Å². The number of pyridine rings is 1. The summed E-state index contributed by atoms with van der Waals surface area (Å²) in [6.07, 6.45) is 1.68. The Hall–Kier alpha value is -3.13. The second-order valence-corrected chi connectivity index (χ2v) is 6.27. The molecule has 0 saturated carbocycles. The molecule has 3 aromatic heterocycles. The average molecular weight is 351 g/mol. The minimum atomic E-state index is -0.153. The molecule has 0 aliphatic rings. The van der Waals surface area contributed by atoms with Crippen molar-refractivity contribution in [3.8, 4) is 17.3 Å². The molecule has 134 valence electrons. The van der Waals surface area contributed by atoms with Crippen molar-refractivity contribution in [3.05, 3.63) is 47.9 Å². The van der Waals surface area contributed by atoms with Crippen LogP contribution in [0.3, 0.4) is 0 Å². The molecule has 3 aromatic rings. The van der Waals surface area contributed by atoms with Gasteiger partial charge in [0.15, 0.2) is 11.6 Å². The van der Waals surface area contributed by atoms with Gasteiger partial charge in [-0.2, -0.15) is 5.10 Å². The number of nitrogens with zero attached hydrogens (tertiary/aromatic N) is 6. The zero-order chi connectivity index (χ0) is 18.7. The van der Waals surface area contributed by atoms with Crippen LogP contribution >= 0.6 is 0 Å². The predicted octanol–water partition coefficient (Wildman–Crippen LogP) is 1.84. The molecule has 0 saturated heterocycles. The summed E-state index contributed by atoms with van der Waals surface area (Å²) in [4.78, 5) is 27.3. The Bertz CT molecular complexity index is 919. The van der Waals surface area contributed by atoms with Crippen LogP contribution in [0, 0.1) is 13.8 Å². The highest BCUT2D eigenvalue weighted by molar-refractivity contribution is 5.91. The van der Waals surface area contributed by atoms with Crippen LogP contribution in [0.1, 0.15) is 11.4 Å². The van der Waals surface area contributed by atoms with E-state index in [1.54, 1.807) is 21.8 Å². The minimum Gasteiger partial charge on any atom is -0.309 e. The van der Waals surface area contributed by atoms with Gasteiger partial charge in [0, 0.05) is 18.0 Å². The van der Waals surface area contributed by atoms with E-state index in [0.29, 0.717) is 23.2 Å². The van der Waals surface area contributed by atoms with Crippen LogP contribution in [-0.4, -0.2) is 56.2 Å². The molecule has 0 spiro atoms. The maximum atomic E-state index is 12.1. The number of likely N-dealkylation sites (N-methyl/N-ethyl adjacent to an activating group) is 1. The number of rotatable bonds is 5. The van der Waals surface area contributed by atoms with Crippen molar-refractivity contribution in [2.24, 2.45) is 0 Å². The molecule has 0 bridgehead atoms. The monoisotopic (exact) mass is 351 g/mol. The smallest absolute Gasteiger partial charge is 0.239 e. The lowest BCUT2D eigenvalue weighted by atomic mass is 10.3. The Labute approximate surface area is 151 Å². The third-order valence-electron chi connectivity index (χ3n) is 3.56. The van der Waals surface area contributed by atoms with Crippen LogP contribution in [-0.2, 0) is 4.79 Å². The second-order valence-electron chi connectivity index (χ2n) is 6.27. The summed E-state index contributed by atoms with van der Waals surface area (Å²) < 4.78 is 1.73. The van der Waals surface area contributed by atoms with Gasteiger partial charge < -0.3 is 10.2 Å². The number of anilines is 1. The molecule has 0 unspecified atom stereocenters. The maximum absolute atomic E-state index is 12.1. The maximum Gasteiger partial charge on any atom is 0.239 e. The Morgan fingerprint density at radius 1 is 1.19 bits per heavy atom. The van der Waals surface area contributed by atoms with Crippen molar-refractivity contribution in [1.29, 1.82) is 0 Å². The van der Waals surface area contributed by atoms with E-state index >= 15 is 0 Å². The van der Waals surface area contributed by atoms with E-state index in [0.717, 1.165) is 11.4 Å². The molecule has 8 heteroatoms. The van der Waals surface area contributed by atoms with Gasteiger partial charge in [0.1, 0.15) is 11.5 Å². The van der Waals surface area contributed by atoms with Gasteiger partial charge in [-0.3, -0.25) is 9.78 Å². The zero-order valence-corrected chi connectivity index (χ0v) is 15.3. The molecular formula is C18H21N7O. The molecule has 1 N–H and O–H groups in total. The minimum absolute atomic E-state index is 0.153. The number of amides is 1. The highest BCUT2D eigenvalue weighted by Crippen LogP contribution is 2.19. The summed E-state index contributed by atoms with van der Waals surface area (Å²) in [6, 6.07) is 9.19. The molecule has 8 nitrogen and oxygen atoms in total. The second kappa shape index (κ2) is 7.40. The number of aromatic nitrogens is 5. The lowest BCUT2D eigenvalue weighted by molar-refractivity contribution is -0.116. The molecule has 26 heavy (non-hydrogen) atoms. The number of nitrogens with one attached hydrogen (secondary N) is 1. The fourth-order valence-corrected chi connectivity index (χ4v) is 2.55. The zero-order valence-electron chi connectivity index (χ0n) is 15.3. The fraction of sp³-hybridized carbons (Fsp3) is 0.278. The highest BCUT2D eigenvalue weighted by atomic mass is 16.2. The van der Waals surface area contributed by atoms with E-state index in [4.69, 9.17) is 0 Å². The molecular weight excluding hydrogens is 330 g/mol. The van der Waals surface area contributed by atoms with E-state index in [9.17, 15) is 4.79 Å². The van der Waals surface area contributed by atoms with Crippen molar-refractivity contribution in [1.82, 2.24) is 29.6 Å². The molecule has 0 fully saturated rings. The number of hydrogen-bond acceptors (Lipinski definition) is 6. The van der Waals surface area contributed by atoms with Crippen LogP contribution in [0.5, 0.6) is 0 Å². The van der Waals surface area contributed by atoms with Crippen LogP contribution in [0.4, 0.5) is 5.82 Å². The van der Waals surface area contributed by atoms with Crippen LogP contribution in [0.25, 0.3) is 17.3 Å².